The van der Waals surface area contributed by atoms with E-state index in [-0.39, 0.29) is 11.7 Å². The Hall–Kier alpha value is -2.24. The van der Waals surface area contributed by atoms with E-state index < -0.39 is 0 Å². The van der Waals surface area contributed by atoms with Crippen molar-refractivity contribution in [2.75, 3.05) is 38.0 Å². The van der Waals surface area contributed by atoms with E-state index in [1.165, 1.54) is 17.7 Å². The van der Waals surface area contributed by atoms with E-state index >= 15 is 0 Å². The summed E-state index contributed by atoms with van der Waals surface area (Å²) in [6.45, 7) is 5.05. The van der Waals surface area contributed by atoms with Crippen LogP contribution in [0.1, 0.15) is 12.0 Å². The minimum atomic E-state index is -0.343. The largest absolute Gasteiger partial charge is 0.325 e. The number of hydrogen-bond acceptors (Lipinski definition) is 3. The SMILES string of the molecule is O=C(CN1CCCN(Cc2ccccc2)CC1)Nc1cccc(F)c1. The van der Waals surface area contributed by atoms with Gasteiger partial charge in [0.05, 0.1) is 6.54 Å². The van der Waals surface area contributed by atoms with E-state index in [0.717, 1.165) is 39.1 Å². The van der Waals surface area contributed by atoms with Crippen molar-refractivity contribution in [1.29, 1.82) is 0 Å². The lowest BCUT2D eigenvalue weighted by Crippen LogP contribution is -2.36. The van der Waals surface area contributed by atoms with Crippen molar-refractivity contribution >= 4 is 11.6 Å². The van der Waals surface area contributed by atoms with Crippen LogP contribution < -0.4 is 5.32 Å². The monoisotopic (exact) mass is 341 g/mol. The second kappa shape index (κ2) is 8.74. The van der Waals surface area contributed by atoms with Crippen LogP contribution in [0.5, 0.6) is 0 Å². The van der Waals surface area contributed by atoms with Gasteiger partial charge in [-0.05, 0) is 43.3 Å². The Kier molecular flexibility index (Phi) is 6.14. The molecule has 1 fully saturated rings. The molecule has 1 amide bonds. The first-order valence-corrected chi connectivity index (χ1v) is 8.73. The summed E-state index contributed by atoms with van der Waals surface area (Å²) in [5.74, 6) is -0.439. The van der Waals surface area contributed by atoms with Crippen LogP contribution in [-0.2, 0) is 11.3 Å². The smallest absolute Gasteiger partial charge is 0.238 e. The fraction of sp³-hybridized carbons (Fsp3) is 0.350. The summed E-state index contributed by atoms with van der Waals surface area (Å²) in [5.41, 5.74) is 1.82. The molecule has 1 saturated heterocycles. The van der Waals surface area contributed by atoms with Gasteiger partial charge >= 0.3 is 0 Å². The molecule has 0 aliphatic carbocycles. The zero-order valence-electron chi connectivity index (χ0n) is 14.3. The number of amides is 1. The van der Waals surface area contributed by atoms with Crippen LogP contribution in [0, 0.1) is 5.82 Å². The van der Waals surface area contributed by atoms with Gasteiger partial charge in [-0.1, -0.05) is 36.4 Å². The summed E-state index contributed by atoms with van der Waals surface area (Å²) in [6, 6.07) is 16.5. The molecule has 0 atom stereocenters. The lowest BCUT2D eigenvalue weighted by atomic mass is 10.2. The van der Waals surface area contributed by atoms with Crippen LogP contribution in [0.4, 0.5) is 10.1 Å². The highest BCUT2D eigenvalue weighted by molar-refractivity contribution is 5.92. The van der Waals surface area contributed by atoms with Crippen molar-refractivity contribution in [3.8, 4) is 0 Å². The van der Waals surface area contributed by atoms with E-state index in [9.17, 15) is 9.18 Å². The molecule has 2 aromatic carbocycles. The fourth-order valence-corrected chi connectivity index (χ4v) is 3.15. The van der Waals surface area contributed by atoms with Gasteiger partial charge in [0.15, 0.2) is 0 Å². The third kappa shape index (κ3) is 5.66. The molecule has 1 aliphatic heterocycles. The Morgan fingerprint density at radius 3 is 2.52 bits per heavy atom. The van der Waals surface area contributed by atoms with Crippen molar-refractivity contribution in [3.05, 3.63) is 66.0 Å². The number of rotatable bonds is 5. The Labute approximate surface area is 148 Å². The van der Waals surface area contributed by atoms with Gasteiger partial charge in [-0.3, -0.25) is 14.6 Å². The van der Waals surface area contributed by atoms with E-state index in [2.05, 4.69) is 39.4 Å². The quantitative estimate of drug-likeness (QED) is 0.908. The predicted octanol–water partition coefficient (Wildman–Crippen LogP) is 2.97. The number of benzene rings is 2. The lowest BCUT2D eigenvalue weighted by Gasteiger charge is -2.21. The number of halogens is 1. The first kappa shape index (κ1) is 17.6. The van der Waals surface area contributed by atoms with Crippen LogP contribution in [0.25, 0.3) is 0 Å². The van der Waals surface area contributed by atoms with E-state index in [1.54, 1.807) is 12.1 Å². The minimum Gasteiger partial charge on any atom is -0.325 e. The third-order valence-corrected chi connectivity index (χ3v) is 4.41. The lowest BCUT2D eigenvalue weighted by molar-refractivity contribution is -0.117. The van der Waals surface area contributed by atoms with Crippen LogP contribution in [0.2, 0.25) is 0 Å². The number of carbonyl (C=O) groups excluding carboxylic acids is 1. The second-order valence-electron chi connectivity index (χ2n) is 6.45. The highest BCUT2D eigenvalue weighted by Gasteiger charge is 2.17. The number of hydrogen-bond donors (Lipinski definition) is 1. The molecule has 5 heteroatoms. The molecule has 0 spiro atoms. The van der Waals surface area contributed by atoms with E-state index in [4.69, 9.17) is 0 Å². The second-order valence-corrected chi connectivity index (χ2v) is 6.45. The molecular formula is C20H24FN3O. The van der Waals surface area contributed by atoms with Gasteiger partial charge in [0.1, 0.15) is 5.82 Å². The maximum Gasteiger partial charge on any atom is 0.238 e. The standard InChI is InChI=1S/C20H24FN3O/c21-18-8-4-9-19(14-18)22-20(25)16-24-11-5-10-23(12-13-24)15-17-6-2-1-3-7-17/h1-4,6-9,14H,5,10-13,15-16H2,(H,22,25). The molecule has 3 rings (SSSR count). The molecule has 25 heavy (non-hydrogen) atoms. The summed E-state index contributed by atoms with van der Waals surface area (Å²) in [4.78, 5) is 16.8. The summed E-state index contributed by atoms with van der Waals surface area (Å²) >= 11 is 0. The molecular weight excluding hydrogens is 317 g/mol. The molecule has 0 unspecified atom stereocenters. The average Bonchev–Trinajstić information content (AvgIpc) is 2.81. The van der Waals surface area contributed by atoms with Gasteiger partial charge in [0.25, 0.3) is 0 Å². The molecule has 0 bridgehead atoms. The maximum atomic E-state index is 13.2. The minimum absolute atomic E-state index is 0.0953. The van der Waals surface area contributed by atoms with Crippen LogP contribution in [0.3, 0.4) is 0 Å². The van der Waals surface area contributed by atoms with Crippen molar-refractivity contribution in [2.45, 2.75) is 13.0 Å². The number of nitrogens with zero attached hydrogens (tertiary/aromatic N) is 2. The van der Waals surface area contributed by atoms with Crippen LogP contribution >= 0.6 is 0 Å². The normalized spacial score (nSPS) is 16.4. The topological polar surface area (TPSA) is 35.6 Å². The zero-order chi connectivity index (χ0) is 17.5. The molecule has 1 aliphatic rings. The highest BCUT2D eigenvalue weighted by atomic mass is 19.1. The highest BCUT2D eigenvalue weighted by Crippen LogP contribution is 2.11. The number of anilines is 1. The summed E-state index contributed by atoms with van der Waals surface area (Å²) < 4.78 is 13.2. The Morgan fingerprint density at radius 2 is 1.72 bits per heavy atom. The molecule has 132 valence electrons. The first-order chi connectivity index (χ1) is 12.2. The van der Waals surface area contributed by atoms with Crippen molar-refractivity contribution < 1.29 is 9.18 Å². The van der Waals surface area contributed by atoms with Gasteiger partial charge in [0, 0.05) is 25.3 Å². The van der Waals surface area contributed by atoms with Crippen molar-refractivity contribution in [2.24, 2.45) is 0 Å². The molecule has 1 N–H and O–H groups in total. The average molecular weight is 341 g/mol. The van der Waals surface area contributed by atoms with Crippen molar-refractivity contribution in [1.82, 2.24) is 9.80 Å². The van der Waals surface area contributed by atoms with E-state index in [0.29, 0.717) is 12.2 Å². The van der Waals surface area contributed by atoms with Gasteiger partial charge in [-0.2, -0.15) is 0 Å². The molecule has 0 saturated carbocycles. The van der Waals surface area contributed by atoms with Gasteiger partial charge in [0.2, 0.25) is 5.91 Å². The van der Waals surface area contributed by atoms with Crippen LogP contribution in [0.15, 0.2) is 54.6 Å². The summed E-state index contributed by atoms with van der Waals surface area (Å²) in [6.07, 6.45) is 1.04. The number of nitrogens with one attached hydrogen (secondary N) is 1. The fourth-order valence-electron chi connectivity index (χ4n) is 3.15. The maximum absolute atomic E-state index is 13.2. The van der Waals surface area contributed by atoms with Gasteiger partial charge in [-0.15, -0.1) is 0 Å². The third-order valence-electron chi connectivity index (χ3n) is 4.41. The first-order valence-electron chi connectivity index (χ1n) is 8.73. The van der Waals surface area contributed by atoms with Gasteiger partial charge in [-0.25, -0.2) is 4.39 Å². The molecule has 2 aromatic rings. The Morgan fingerprint density at radius 1 is 0.960 bits per heavy atom. The Balaban J connectivity index is 1.47. The van der Waals surface area contributed by atoms with Crippen LogP contribution in [-0.4, -0.2) is 48.4 Å². The van der Waals surface area contributed by atoms with E-state index in [1.807, 2.05) is 6.07 Å². The molecule has 1 heterocycles. The molecule has 0 radical (unpaired) electrons. The summed E-state index contributed by atoms with van der Waals surface area (Å²) in [7, 11) is 0. The molecule has 4 nitrogen and oxygen atoms in total. The Bertz CT molecular complexity index is 692. The zero-order valence-corrected chi connectivity index (χ0v) is 14.3. The van der Waals surface area contributed by atoms with Gasteiger partial charge < -0.3 is 5.32 Å². The molecule has 0 aromatic heterocycles. The number of carbonyl (C=O) groups is 1. The predicted molar refractivity (Wildman–Crippen MR) is 97.8 cm³/mol. The summed E-state index contributed by atoms with van der Waals surface area (Å²) in [5, 5.41) is 2.77. The van der Waals surface area contributed by atoms with Crippen molar-refractivity contribution in [3.63, 3.8) is 0 Å².